The molecule has 0 aliphatic heterocycles. The summed E-state index contributed by atoms with van der Waals surface area (Å²) in [5.74, 6) is -3.45. The first kappa shape index (κ1) is 21.4. The van der Waals surface area contributed by atoms with Crippen LogP contribution >= 0.6 is 0 Å². The van der Waals surface area contributed by atoms with Gasteiger partial charge in [0, 0.05) is 36.8 Å². The van der Waals surface area contributed by atoms with Gasteiger partial charge in [-0.25, -0.2) is 23.5 Å². The first-order valence-electron chi connectivity index (χ1n) is 9.85. The number of alkyl halides is 2. The van der Waals surface area contributed by atoms with E-state index in [0.29, 0.717) is 11.1 Å². The number of hydrogen-bond donors (Lipinski definition) is 2. The molecule has 2 heterocycles. The van der Waals surface area contributed by atoms with Crippen molar-refractivity contribution in [2.75, 3.05) is 0 Å². The quantitative estimate of drug-likeness (QED) is 0.445. The number of ether oxygens (including phenoxy) is 1. The minimum atomic E-state index is -2.79. The molecule has 1 amide bonds. The number of aryl methyl sites for hydroxylation is 1. The van der Waals surface area contributed by atoms with Gasteiger partial charge in [0.2, 0.25) is 0 Å². The van der Waals surface area contributed by atoms with E-state index in [1.807, 2.05) is 6.07 Å². The topological polar surface area (TPSA) is 120 Å². The second-order valence-electron chi connectivity index (χ2n) is 7.57. The Kier molecular flexibility index (Phi) is 5.60. The average Bonchev–Trinajstić information content (AvgIpc) is 3.14. The number of hydrogen-bond acceptors (Lipinski definition) is 7. The minimum absolute atomic E-state index is 0.0140. The van der Waals surface area contributed by atoms with Crippen molar-refractivity contribution < 1.29 is 27.5 Å². The second-order valence-corrected chi connectivity index (χ2v) is 7.57. The molecular formula is C22H20F2N4O4. The van der Waals surface area contributed by atoms with Crippen LogP contribution in [-0.2, 0) is 16.1 Å². The third-order valence-electron chi connectivity index (χ3n) is 5.00. The number of esters is 1. The van der Waals surface area contributed by atoms with E-state index in [2.05, 4.69) is 15.3 Å². The number of benzene rings is 1. The number of nitrogens with two attached hydrogens (primary N) is 1. The lowest BCUT2D eigenvalue weighted by Crippen LogP contribution is -2.42. The highest BCUT2D eigenvalue weighted by Gasteiger charge is 2.47. The fourth-order valence-corrected chi connectivity index (χ4v) is 3.45. The lowest BCUT2D eigenvalue weighted by molar-refractivity contribution is -0.146. The zero-order valence-corrected chi connectivity index (χ0v) is 17.1. The molecule has 0 radical (unpaired) electrons. The maximum Gasteiger partial charge on any atom is 0.342 e. The van der Waals surface area contributed by atoms with Gasteiger partial charge >= 0.3 is 5.97 Å². The molecular weight excluding hydrogens is 422 g/mol. The summed E-state index contributed by atoms with van der Waals surface area (Å²) in [6.07, 6.45) is 2.32. The van der Waals surface area contributed by atoms with Gasteiger partial charge in [0.1, 0.15) is 23.0 Å². The van der Waals surface area contributed by atoms with E-state index in [0.717, 1.165) is 11.8 Å². The monoisotopic (exact) mass is 442 g/mol. The highest BCUT2D eigenvalue weighted by atomic mass is 19.3. The van der Waals surface area contributed by atoms with Crippen LogP contribution in [0.1, 0.15) is 40.3 Å². The van der Waals surface area contributed by atoms with Crippen LogP contribution in [0, 0.1) is 6.92 Å². The first-order valence-corrected chi connectivity index (χ1v) is 9.85. The summed E-state index contributed by atoms with van der Waals surface area (Å²) in [6, 6.07) is 6.68. The lowest BCUT2D eigenvalue weighted by Gasteiger charge is -2.34. The standard InChI is InChI=1S/C22H20F2N4O4/c1-12-5-13-7-14(11-28-20(29)17(10-25)19-26-3-2-4-27-19)31-18(13)16(6-12)21(30)32-15-8-22(23,24)9-15/h2-7,10,15H,8-9,11,25H2,1H3,(H,28,29)/b17-10+. The summed E-state index contributed by atoms with van der Waals surface area (Å²) in [4.78, 5) is 33.1. The van der Waals surface area contributed by atoms with Gasteiger partial charge in [0.25, 0.3) is 11.8 Å². The summed E-state index contributed by atoms with van der Waals surface area (Å²) < 4.78 is 37.0. The van der Waals surface area contributed by atoms with Gasteiger partial charge in [0.15, 0.2) is 5.82 Å². The molecule has 10 heteroatoms. The van der Waals surface area contributed by atoms with E-state index in [1.165, 1.54) is 12.4 Å². The van der Waals surface area contributed by atoms with Crippen LogP contribution in [0.4, 0.5) is 8.78 Å². The fraction of sp³-hybridized carbons (Fsp3) is 0.273. The van der Waals surface area contributed by atoms with Crippen molar-refractivity contribution in [2.45, 2.75) is 38.3 Å². The molecule has 3 aromatic rings. The molecule has 0 spiro atoms. The van der Waals surface area contributed by atoms with Crippen LogP contribution in [0.3, 0.4) is 0 Å². The maximum absolute atomic E-state index is 13.0. The van der Waals surface area contributed by atoms with Gasteiger partial charge in [-0.05, 0) is 36.8 Å². The predicted octanol–water partition coefficient (Wildman–Crippen LogP) is 3.10. The van der Waals surface area contributed by atoms with Gasteiger partial charge in [-0.2, -0.15) is 0 Å². The Labute approximate surface area is 181 Å². The highest BCUT2D eigenvalue weighted by molar-refractivity contribution is 6.18. The molecule has 3 N–H and O–H groups in total. The normalized spacial score (nSPS) is 15.9. The minimum Gasteiger partial charge on any atom is -0.458 e. The van der Waals surface area contributed by atoms with Gasteiger partial charge in [-0.15, -0.1) is 0 Å². The molecule has 8 nitrogen and oxygen atoms in total. The number of amides is 1. The van der Waals surface area contributed by atoms with E-state index in [4.69, 9.17) is 14.9 Å². The fourth-order valence-electron chi connectivity index (χ4n) is 3.45. The van der Waals surface area contributed by atoms with Crippen LogP contribution in [-0.4, -0.2) is 33.9 Å². The number of nitrogens with one attached hydrogen (secondary N) is 1. The van der Waals surface area contributed by atoms with Crippen molar-refractivity contribution in [3.8, 4) is 0 Å². The first-order chi connectivity index (χ1) is 15.3. The summed E-state index contributed by atoms with van der Waals surface area (Å²) in [5, 5.41) is 3.30. The van der Waals surface area contributed by atoms with E-state index in [-0.39, 0.29) is 29.1 Å². The van der Waals surface area contributed by atoms with Gasteiger partial charge in [-0.1, -0.05) is 0 Å². The lowest BCUT2D eigenvalue weighted by atomic mass is 9.91. The molecule has 0 unspecified atom stereocenters. The number of carbonyl (C=O) groups excluding carboxylic acids is 2. The molecule has 32 heavy (non-hydrogen) atoms. The summed E-state index contributed by atoms with van der Waals surface area (Å²) in [6.45, 7) is 1.81. The Morgan fingerprint density at radius 1 is 1.28 bits per heavy atom. The molecule has 166 valence electrons. The number of rotatable bonds is 6. The Morgan fingerprint density at radius 2 is 2.00 bits per heavy atom. The second kappa shape index (κ2) is 8.37. The van der Waals surface area contributed by atoms with Gasteiger partial charge in [-0.3, -0.25) is 4.79 Å². The molecule has 1 aliphatic rings. The molecule has 4 rings (SSSR count). The summed E-state index contributed by atoms with van der Waals surface area (Å²) in [7, 11) is 0. The van der Waals surface area contributed by atoms with Crippen molar-refractivity contribution in [3.63, 3.8) is 0 Å². The van der Waals surface area contributed by atoms with Crippen LogP contribution in [0.15, 0.2) is 47.3 Å². The van der Waals surface area contributed by atoms with Gasteiger partial charge in [0.05, 0.1) is 12.1 Å². The number of halogens is 2. The molecule has 1 fully saturated rings. The zero-order chi connectivity index (χ0) is 22.9. The number of aromatic nitrogens is 2. The zero-order valence-electron chi connectivity index (χ0n) is 17.1. The van der Waals surface area contributed by atoms with Crippen molar-refractivity contribution in [1.82, 2.24) is 15.3 Å². The van der Waals surface area contributed by atoms with Crippen molar-refractivity contribution in [1.29, 1.82) is 0 Å². The Hall–Kier alpha value is -3.82. The van der Waals surface area contributed by atoms with E-state index >= 15 is 0 Å². The smallest absolute Gasteiger partial charge is 0.342 e. The van der Waals surface area contributed by atoms with Crippen LogP contribution < -0.4 is 11.1 Å². The summed E-state index contributed by atoms with van der Waals surface area (Å²) >= 11 is 0. The van der Waals surface area contributed by atoms with Crippen LogP contribution in [0.2, 0.25) is 0 Å². The van der Waals surface area contributed by atoms with Crippen LogP contribution in [0.25, 0.3) is 16.5 Å². The molecule has 0 saturated heterocycles. The van der Waals surface area contributed by atoms with Crippen molar-refractivity contribution in [3.05, 3.63) is 65.6 Å². The third kappa shape index (κ3) is 4.43. The number of nitrogens with zero attached hydrogens (tertiary/aromatic N) is 2. The van der Waals surface area contributed by atoms with E-state index in [9.17, 15) is 18.4 Å². The Bertz CT molecular complexity index is 1200. The third-order valence-corrected chi connectivity index (χ3v) is 5.00. The number of carbonyl (C=O) groups is 2. The number of furan rings is 1. The van der Waals surface area contributed by atoms with E-state index < -0.39 is 36.7 Å². The van der Waals surface area contributed by atoms with Crippen molar-refractivity contribution >= 4 is 28.4 Å². The summed E-state index contributed by atoms with van der Waals surface area (Å²) in [5.41, 5.74) is 6.83. The molecule has 1 saturated carbocycles. The average molecular weight is 442 g/mol. The largest absolute Gasteiger partial charge is 0.458 e. The molecule has 0 atom stereocenters. The molecule has 2 aromatic heterocycles. The molecule has 1 aromatic carbocycles. The molecule has 0 bridgehead atoms. The van der Waals surface area contributed by atoms with E-state index in [1.54, 1.807) is 25.1 Å². The van der Waals surface area contributed by atoms with Crippen molar-refractivity contribution in [2.24, 2.45) is 5.73 Å². The SMILES string of the molecule is Cc1cc(C(=O)OC2CC(F)(F)C2)c2oc(CNC(=O)/C(=C/N)c3ncccn3)cc2c1. The predicted molar refractivity (Wildman–Crippen MR) is 110 cm³/mol. The maximum atomic E-state index is 13.0. The van der Waals surface area contributed by atoms with Crippen LogP contribution in [0.5, 0.6) is 0 Å². The Balaban J connectivity index is 1.49. The molecule has 1 aliphatic carbocycles. The number of fused-ring (bicyclic) bond motifs is 1. The Morgan fingerprint density at radius 3 is 2.66 bits per heavy atom. The van der Waals surface area contributed by atoms with Gasteiger partial charge < -0.3 is 20.2 Å². The highest BCUT2D eigenvalue weighted by Crippen LogP contribution is 2.40.